The fourth-order valence-corrected chi connectivity index (χ4v) is 1.85. The van der Waals surface area contributed by atoms with Crippen LogP contribution in [0.1, 0.15) is 25.8 Å². The Morgan fingerprint density at radius 1 is 1.36 bits per heavy atom. The van der Waals surface area contributed by atoms with Crippen molar-refractivity contribution in [3.05, 3.63) is 29.8 Å². The number of alkyl halides is 3. The minimum atomic E-state index is -4.41. The Hall–Kier alpha value is -1.76. The zero-order valence-corrected chi connectivity index (χ0v) is 12.6. The summed E-state index contributed by atoms with van der Waals surface area (Å²) in [7, 11) is 0. The molecule has 0 aromatic heterocycles. The third kappa shape index (κ3) is 6.34. The van der Waals surface area contributed by atoms with Gasteiger partial charge in [0.1, 0.15) is 12.4 Å². The highest BCUT2D eigenvalue weighted by Crippen LogP contribution is 2.31. The second kappa shape index (κ2) is 8.03. The Bertz CT molecular complexity index is 490. The van der Waals surface area contributed by atoms with Crippen molar-refractivity contribution in [3.63, 3.8) is 0 Å². The maximum atomic E-state index is 12.5. The minimum Gasteiger partial charge on any atom is -0.492 e. The fourth-order valence-electron chi connectivity index (χ4n) is 1.85. The summed E-state index contributed by atoms with van der Waals surface area (Å²) in [5, 5.41) is 2.59. The Balaban J connectivity index is 2.38. The molecule has 0 unspecified atom stereocenters. The molecule has 0 bridgehead atoms. The smallest absolute Gasteiger partial charge is 0.416 e. The van der Waals surface area contributed by atoms with Gasteiger partial charge in [0.15, 0.2) is 0 Å². The predicted octanol–water partition coefficient (Wildman–Crippen LogP) is 2.57. The lowest BCUT2D eigenvalue weighted by Gasteiger charge is -2.14. The van der Waals surface area contributed by atoms with Crippen LogP contribution in [0.4, 0.5) is 13.2 Å². The fraction of sp³-hybridized carbons (Fsp3) is 0.533. The summed E-state index contributed by atoms with van der Waals surface area (Å²) in [4.78, 5) is 11.6. The van der Waals surface area contributed by atoms with Gasteiger partial charge in [-0.1, -0.05) is 19.9 Å². The van der Waals surface area contributed by atoms with E-state index in [0.717, 1.165) is 12.1 Å². The lowest BCUT2D eigenvalue weighted by molar-refractivity contribution is -0.137. The van der Waals surface area contributed by atoms with Crippen LogP contribution in [-0.2, 0) is 11.0 Å². The molecule has 3 N–H and O–H groups in total. The molecule has 1 amide bonds. The van der Waals surface area contributed by atoms with Gasteiger partial charge in [-0.15, -0.1) is 0 Å². The normalized spacial score (nSPS) is 13.0. The molecule has 0 aliphatic rings. The summed E-state index contributed by atoms with van der Waals surface area (Å²) in [5.74, 6) is 0.124. The van der Waals surface area contributed by atoms with Gasteiger partial charge in [0, 0.05) is 0 Å². The largest absolute Gasteiger partial charge is 0.492 e. The van der Waals surface area contributed by atoms with E-state index >= 15 is 0 Å². The van der Waals surface area contributed by atoms with E-state index < -0.39 is 17.8 Å². The first-order chi connectivity index (χ1) is 10.2. The maximum Gasteiger partial charge on any atom is 0.416 e. The molecule has 4 nitrogen and oxygen atoms in total. The van der Waals surface area contributed by atoms with Gasteiger partial charge < -0.3 is 15.8 Å². The topological polar surface area (TPSA) is 64.4 Å². The zero-order chi connectivity index (χ0) is 16.8. The van der Waals surface area contributed by atoms with Crippen LogP contribution in [0, 0.1) is 5.92 Å². The molecule has 1 aromatic carbocycles. The van der Waals surface area contributed by atoms with Gasteiger partial charge in [0.05, 0.1) is 18.2 Å². The van der Waals surface area contributed by atoms with Gasteiger partial charge in [-0.25, -0.2) is 0 Å². The molecule has 0 fully saturated rings. The highest BCUT2D eigenvalue weighted by atomic mass is 19.4. The molecule has 0 saturated carbocycles. The highest BCUT2D eigenvalue weighted by molar-refractivity contribution is 5.81. The van der Waals surface area contributed by atoms with Gasteiger partial charge in [0.25, 0.3) is 0 Å². The average molecular weight is 318 g/mol. The Morgan fingerprint density at radius 2 is 2.05 bits per heavy atom. The molecule has 0 heterocycles. The van der Waals surface area contributed by atoms with Crippen LogP contribution in [0.2, 0.25) is 0 Å². The average Bonchev–Trinajstić information content (AvgIpc) is 2.42. The quantitative estimate of drug-likeness (QED) is 0.760. The van der Waals surface area contributed by atoms with E-state index in [1.54, 1.807) is 0 Å². The number of amides is 1. The molecule has 22 heavy (non-hydrogen) atoms. The van der Waals surface area contributed by atoms with Crippen molar-refractivity contribution in [1.29, 1.82) is 0 Å². The first-order valence-corrected chi connectivity index (χ1v) is 7.03. The molecular weight excluding hydrogens is 297 g/mol. The summed E-state index contributed by atoms with van der Waals surface area (Å²) < 4.78 is 42.8. The van der Waals surface area contributed by atoms with Crippen molar-refractivity contribution < 1.29 is 22.7 Å². The first kappa shape index (κ1) is 18.3. The Kier molecular flexibility index (Phi) is 6.67. The van der Waals surface area contributed by atoms with Crippen LogP contribution in [0.5, 0.6) is 5.75 Å². The number of hydrogen-bond donors (Lipinski definition) is 2. The predicted molar refractivity (Wildman–Crippen MR) is 77.4 cm³/mol. The number of hydrogen-bond acceptors (Lipinski definition) is 3. The lowest BCUT2D eigenvalue weighted by Crippen LogP contribution is -2.42. The summed E-state index contributed by atoms with van der Waals surface area (Å²) in [6.07, 6.45) is -3.84. The number of carbonyl (C=O) groups excluding carboxylic acids is 1. The van der Waals surface area contributed by atoms with Crippen LogP contribution in [0.15, 0.2) is 24.3 Å². The third-order valence-electron chi connectivity index (χ3n) is 2.89. The highest BCUT2D eigenvalue weighted by Gasteiger charge is 2.30. The van der Waals surface area contributed by atoms with Crippen LogP contribution in [0.25, 0.3) is 0 Å². The number of carbonyl (C=O) groups is 1. The number of benzene rings is 1. The molecule has 0 spiro atoms. The van der Waals surface area contributed by atoms with Crippen molar-refractivity contribution in [1.82, 2.24) is 5.32 Å². The monoisotopic (exact) mass is 318 g/mol. The molecule has 0 saturated heterocycles. The second-order valence-corrected chi connectivity index (χ2v) is 5.40. The third-order valence-corrected chi connectivity index (χ3v) is 2.89. The van der Waals surface area contributed by atoms with Crippen LogP contribution in [-0.4, -0.2) is 25.1 Å². The Morgan fingerprint density at radius 3 is 2.64 bits per heavy atom. The van der Waals surface area contributed by atoms with Gasteiger partial charge in [-0.3, -0.25) is 4.79 Å². The molecule has 1 atom stereocenters. The molecular formula is C15H21F3N2O2. The van der Waals surface area contributed by atoms with E-state index in [1.165, 1.54) is 12.1 Å². The Labute approximate surface area is 127 Å². The van der Waals surface area contributed by atoms with Crippen molar-refractivity contribution in [2.75, 3.05) is 13.2 Å². The van der Waals surface area contributed by atoms with Gasteiger partial charge in [0.2, 0.25) is 5.91 Å². The first-order valence-electron chi connectivity index (χ1n) is 7.03. The van der Waals surface area contributed by atoms with E-state index in [1.807, 2.05) is 13.8 Å². The number of halogens is 3. The van der Waals surface area contributed by atoms with Crippen molar-refractivity contribution in [2.45, 2.75) is 32.5 Å². The molecule has 0 radical (unpaired) electrons. The van der Waals surface area contributed by atoms with E-state index in [2.05, 4.69) is 5.32 Å². The second-order valence-electron chi connectivity index (χ2n) is 5.40. The number of ether oxygens (including phenoxy) is 1. The summed E-state index contributed by atoms with van der Waals surface area (Å²) in [6.45, 7) is 4.18. The summed E-state index contributed by atoms with van der Waals surface area (Å²) in [6, 6.07) is 4.01. The molecule has 124 valence electrons. The molecule has 0 aliphatic carbocycles. The van der Waals surface area contributed by atoms with Crippen molar-refractivity contribution in [2.24, 2.45) is 11.7 Å². The number of nitrogens with two attached hydrogens (primary N) is 1. The summed E-state index contributed by atoms with van der Waals surface area (Å²) >= 11 is 0. The van der Waals surface area contributed by atoms with E-state index in [9.17, 15) is 18.0 Å². The van der Waals surface area contributed by atoms with E-state index in [-0.39, 0.29) is 24.8 Å². The SMILES string of the molecule is CC(C)C[C@H](N)C(=O)NCCOc1cccc(C(F)(F)F)c1. The molecule has 1 aromatic rings. The van der Waals surface area contributed by atoms with Crippen molar-refractivity contribution in [3.8, 4) is 5.75 Å². The van der Waals surface area contributed by atoms with Crippen LogP contribution < -0.4 is 15.8 Å². The maximum absolute atomic E-state index is 12.5. The number of rotatable bonds is 7. The van der Waals surface area contributed by atoms with Gasteiger partial charge >= 0.3 is 6.18 Å². The summed E-state index contributed by atoms with van der Waals surface area (Å²) in [5.41, 5.74) is 4.93. The minimum absolute atomic E-state index is 0.0709. The van der Waals surface area contributed by atoms with Crippen LogP contribution >= 0.6 is 0 Å². The molecule has 7 heteroatoms. The lowest BCUT2D eigenvalue weighted by atomic mass is 10.0. The molecule has 1 rings (SSSR count). The molecule has 0 aliphatic heterocycles. The standard InChI is InChI=1S/C15H21F3N2O2/c1-10(2)8-13(19)14(21)20-6-7-22-12-5-3-4-11(9-12)15(16,17)18/h3-5,9-10,13H,6-8,19H2,1-2H3,(H,20,21)/t13-/m0/s1. The van der Waals surface area contributed by atoms with E-state index in [4.69, 9.17) is 10.5 Å². The van der Waals surface area contributed by atoms with E-state index in [0.29, 0.717) is 12.3 Å². The van der Waals surface area contributed by atoms with Crippen molar-refractivity contribution >= 4 is 5.91 Å². The van der Waals surface area contributed by atoms with Gasteiger partial charge in [-0.2, -0.15) is 13.2 Å². The van der Waals surface area contributed by atoms with Gasteiger partial charge in [-0.05, 0) is 30.5 Å². The zero-order valence-electron chi connectivity index (χ0n) is 12.6. The number of nitrogens with one attached hydrogen (secondary N) is 1. The van der Waals surface area contributed by atoms with Crippen LogP contribution in [0.3, 0.4) is 0 Å².